The van der Waals surface area contributed by atoms with Crippen LogP contribution in [0, 0.1) is 17.1 Å². The summed E-state index contributed by atoms with van der Waals surface area (Å²) in [6.45, 7) is 5.50. The molecule has 1 nitrogen and oxygen atoms in total. The normalized spacial score (nSPS) is 9.83. The van der Waals surface area contributed by atoms with Crippen molar-refractivity contribution in [2.75, 3.05) is 0 Å². The molecule has 0 saturated carbocycles. The van der Waals surface area contributed by atoms with Crippen LogP contribution in [0.25, 0.3) is 16.7 Å². The van der Waals surface area contributed by atoms with E-state index < -0.39 is 0 Å². The molecular weight excluding hydrogens is 225 g/mol. The molecule has 0 spiro atoms. The fourth-order valence-electron chi connectivity index (χ4n) is 1.86. The van der Waals surface area contributed by atoms with Crippen LogP contribution in [0.5, 0.6) is 0 Å². The van der Waals surface area contributed by atoms with Gasteiger partial charge in [-0.3, -0.25) is 0 Å². The van der Waals surface area contributed by atoms with E-state index in [-0.39, 0.29) is 5.82 Å². The lowest BCUT2D eigenvalue weighted by atomic mass is 9.98. The Morgan fingerprint density at radius 1 is 1.22 bits per heavy atom. The molecule has 2 rings (SSSR count). The van der Waals surface area contributed by atoms with Gasteiger partial charge >= 0.3 is 0 Å². The smallest absolute Gasteiger partial charge is 0.131 e. The Morgan fingerprint density at radius 3 is 2.56 bits per heavy atom. The fraction of sp³-hybridized carbons (Fsp3) is 0.0625. The predicted octanol–water partition coefficient (Wildman–Crippen LogP) is 4.40. The molecule has 0 heterocycles. The van der Waals surface area contributed by atoms with Crippen LogP contribution in [0.1, 0.15) is 18.1 Å². The van der Waals surface area contributed by atoms with E-state index in [0.29, 0.717) is 22.3 Å². The molecule has 0 fully saturated rings. The first-order valence-electron chi connectivity index (χ1n) is 5.58. The molecule has 2 aromatic carbocycles. The van der Waals surface area contributed by atoms with Crippen molar-refractivity contribution in [3.63, 3.8) is 0 Å². The van der Waals surface area contributed by atoms with Crippen molar-refractivity contribution in [2.24, 2.45) is 0 Å². The minimum absolute atomic E-state index is 0.312. The average Bonchev–Trinajstić information content (AvgIpc) is 2.38. The lowest BCUT2D eigenvalue weighted by molar-refractivity contribution is 0.624. The van der Waals surface area contributed by atoms with E-state index in [2.05, 4.69) is 12.6 Å². The second-order valence-corrected chi connectivity index (χ2v) is 4.13. The lowest BCUT2D eigenvalue weighted by Gasteiger charge is -2.07. The van der Waals surface area contributed by atoms with Crippen LogP contribution in [0.15, 0.2) is 49.0 Å². The van der Waals surface area contributed by atoms with E-state index in [4.69, 9.17) is 5.26 Å². The van der Waals surface area contributed by atoms with E-state index in [0.717, 1.165) is 5.56 Å². The summed E-state index contributed by atoms with van der Waals surface area (Å²) in [5.74, 6) is -0.312. The number of allylic oxidation sites excluding steroid dienone is 1. The van der Waals surface area contributed by atoms with Crippen molar-refractivity contribution in [1.82, 2.24) is 0 Å². The molecule has 2 heteroatoms. The summed E-state index contributed by atoms with van der Waals surface area (Å²) in [5, 5.41) is 9.03. The zero-order chi connectivity index (χ0) is 13.1. The van der Waals surface area contributed by atoms with Crippen molar-refractivity contribution in [3.8, 4) is 17.2 Å². The molecule has 0 bridgehead atoms. The molecule has 0 N–H and O–H groups in total. The molecule has 0 radical (unpaired) electrons. The van der Waals surface area contributed by atoms with E-state index in [1.807, 2.05) is 18.2 Å². The second kappa shape index (κ2) is 4.85. The van der Waals surface area contributed by atoms with Crippen LogP contribution < -0.4 is 0 Å². The first kappa shape index (κ1) is 12.1. The number of nitrogens with zero attached hydrogens (tertiary/aromatic N) is 1. The van der Waals surface area contributed by atoms with E-state index in [1.165, 1.54) is 6.07 Å². The summed E-state index contributed by atoms with van der Waals surface area (Å²) >= 11 is 0. The topological polar surface area (TPSA) is 23.8 Å². The number of rotatable bonds is 2. The van der Waals surface area contributed by atoms with Gasteiger partial charge in [0.05, 0.1) is 11.6 Å². The molecule has 2 aromatic rings. The Balaban J connectivity index is 2.57. The van der Waals surface area contributed by atoms with Crippen molar-refractivity contribution in [2.45, 2.75) is 6.92 Å². The molecule has 0 amide bonds. The second-order valence-electron chi connectivity index (χ2n) is 4.13. The molecule has 0 aliphatic carbocycles. The van der Waals surface area contributed by atoms with Gasteiger partial charge in [0.15, 0.2) is 0 Å². The van der Waals surface area contributed by atoms with Crippen LogP contribution >= 0.6 is 0 Å². The largest absolute Gasteiger partial charge is 0.206 e. The summed E-state index contributed by atoms with van der Waals surface area (Å²) in [4.78, 5) is 0. The quantitative estimate of drug-likeness (QED) is 0.759. The molecule has 88 valence electrons. The highest BCUT2D eigenvalue weighted by atomic mass is 19.1. The van der Waals surface area contributed by atoms with Gasteiger partial charge in [0, 0.05) is 5.56 Å². The van der Waals surface area contributed by atoms with Crippen LogP contribution in [-0.2, 0) is 0 Å². The average molecular weight is 237 g/mol. The molecule has 0 saturated heterocycles. The summed E-state index contributed by atoms with van der Waals surface area (Å²) in [6, 6.07) is 14.2. The van der Waals surface area contributed by atoms with Crippen LogP contribution in [0.3, 0.4) is 0 Å². The lowest BCUT2D eigenvalue weighted by Crippen LogP contribution is -1.89. The summed E-state index contributed by atoms with van der Waals surface area (Å²) in [7, 11) is 0. The molecule has 0 atom stereocenters. The third kappa shape index (κ3) is 2.16. The molecule has 0 aliphatic heterocycles. The maximum atomic E-state index is 13.9. The van der Waals surface area contributed by atoms with Gasteiger partial charge in [0.25, 0.3) is 0 Å². The SMILES string of the molecule is C=C(C)c1ccc(-c2ccccc2C#N)cc1F. The Hall–Kier alpha value is -2.40. The van der Waals surface area contributed by atoms with E-state index in [1.54, 1.807) is 25.1 Å². The molecule has 0 unspecified atom stereocenters. The van der Waals surface area contributed by atoms with Gasteiger partial charge < -0.3 is 0 Å². The zero-order valence-corrected chi connectivity index (χ0v) is 10.1. The van der Waals surface area contributed by atoms with Crippen molar-refractivity contribution in [1.29, 1.82) is 5.26 Å². The first-order valence-corrected chi connectivity index (χ1v) is 5.58. The van der Waals surface area contributed by atoms with Crippen LogP contribution in [0.2, 0.25) is 0 Å². The van der Waals surface area contributed by atoms with Gasteiger partial charge in [0.2, 0.25) is 0 Å². The van der Waals surface area contributed by atoms with Crippen molar-refractivity contribution >= 4 is 5.57 Å². The van der Waals surface area contributed by atoms with Gasteiger partial charge in [-0.05, 0) is 35.8 Å². The summed E-state index contributed by atoms with van der Waals surface area (Å²) < 4.78 is 13.9. The number of halogens is 1. The number of hydrogen-bond acceptors (Lipinski definition) is 1. The Labute approximate surface area is 106 Å². The van der Waals surface area contributed by atoms with Crippen LogP contribution in [0.4, 0.5) is 4.39 Å². The highest BCUT2D eigenvalue weighted by Crippen LogP contribution is 2.26. The Kier molecular flexibility index (Phi) is 3.25. The van der Waals surface area contributed by atoms with Crippen molar-refractivity contribution in [3.05, 3.63) is 66.0 Å². The van der Waals surface area contributed by atoms with Crippen LogP contribution in [-0.4, -0.2) is 0 Å². The third-order valence-corrected chi connectivity index (χ3v) is 2.79. The zero-order valence-electron chi connectivity index (χ0n) is 10.1. The van der Waals surface area contributed by atoms with E-state index in [9.17, 15) is 4.39 Å². The molecule has 0 aromatic heterocycles. The fourth-order valence-corrected chi connectivity index (χ4v) is 1.86. The molecule has 0 aliphatic rings. The van der Waals surface area contributed by atoms with Gasteiger partial charge in [-0.25, -0.2) is 4.39 Å². The highest BCUT2D eigenvalue weighted by molar-refractivity contribution is 5.73. The third-order valence-electron chi connectivity index (χ3n) is 2.79. The van der Waals surface area contributed by atoms with Gasteiger partial charge in [-0.15, -0.1) is 0 Å². The number of hydrogen-bond donors (Lipinski definition) is 0. The minimum atomic E-state index is -0.312. The monoisotopic (exact) mass is 237 g/mol. The predicted molar refractivity (Wildman–Crippen MR) is 71.3 cm³/mol. The summed E-state index contributed by atoms with van der Waals surface area (Å²) in [6.07, 6.45) is 0. The van der Waals surface area contributed by atoms with Gasteiger partial charge in [0.1, 0.15) is 5.82 Å². The maximum absolute atomic E-state index is 13.9. The number of benzene rings is 2. The number of nitriles is 1. The van der Waals surface area contributed by atoms with E-state index >= 15 is 0 Å². The first-order chi connectivity index (χ1) is 8.63. The Bertz CT molecular complexity index is 650. The van der Waals surface area contributed by atoms with Crippen molar-refractivity contribution < 1.29 is 4.39 Å². The summed E-state index contributed by atoms with van der Waals surface area (Å²) in [5.41, 5.74) is 3.18. The highest BCUT2D eigenvalue weighted by Gasteiger charge is 2.08. The van der Waals surface area contributed by atoms with Gasteiger partial charge in [-0.2, -0.15) is 5.26 Å². The minimum Gasteiger partial charge on any atom is -0.206 e. The Morgan fingerprint density at radius 2 is 1.94 bits per heavy atom. The molecular formula is C16H12FN. The molecule has 18 heavy (non-hydrogen) atoms. The van der Waals surface area contributed by atoms with Gasteiger partial charge in [-0.1, -0.05) is 36.9 Å². The standard InChI is InChI=1S/C16H12FN/c1-11(2)14-8-7-12(9-16(14)17)15-6-4-3-5-13(15)10-18/h3-9H,1H2,2H3. The maximum Gasteiger partial charge on any atom is 0.131 e.